The molecule has 0 aromatic carbocycles. The quantitative estimate of drug-likeness (QED) is 0.497. The van der Waals surface area contributed by atoms with Gasteiger partial charge in [-0.05, 0) is 38.0 Å². The van der Waals surface area contributed by atoms with Crippen LogP contribution >= 0.6 is 0 Å². The fourth-order valence-corrected chi connectivity index (χ4v) is 1.11. The summed E-state index contributed by atoms with van der Waals surface area (Å²) in [7, 11) is 0. The highest BCUT2D eigenvalue weighted by Crippen LogP contribution is 2.15. The summed E-state index contributed by atoms with van der Waals surface area (Å²) in [5.41, 5.74) is 1.35. The molecule has 0 bridgehead atoms. The Kier molecular flexibility index (Phi) is 6.84. The number of allylic oxidation sites excluding steroid dienone is 2. The molecule has 1 radical (unpaired) electrons. The van der Waals surface area contributed by atoms with E-state index in [2.05, 4.69) is 33.4 Å². The summed E-state index contributed by atoms with van der Waals surface area (Å²) in [6.45, 7) is 12.1. The third-order valence-electron chi connectivity index (χ3n) is 2.24. The molecule has 0 N–H and O–H groups in total. The van der Waals surface area contributed by atoms with Crippen LogP contribution in [-0.4, -0.2) is 0 Å². The highest BCUT2D eigenvalue weighted by Gasteiger charge is 2.00. The van der Waals surface area contributed by atoms with Crippen LogP contribution in [0.5, 0.6) is 0 Å². The van der Waals surface area contributed by atoms with Crippen molar-refractivity contribution >= 4 is 0 Å². The van der Waals surface area contributed by atoms with Crippen LogP contribution in [0.2, 0.25) is 0 Å². The summed E-state index contributed by atoms with van der Waals surface area (Å²) in [6.07, 6.45) is 8.93. The third-order valence-corrected chi connectivity index (χ3v) is 2.24. The van der Waals surface area contributed by atoms with E-state index in [1.807, 2.05) is 6.08 Å². The molecular formula is C12H21. The SMILES string of the molecule is C=CC([CH]CCC(=C)CC)CC. The third kappa shape index (κ3) is 5.17. The Morgan fingerprint density at radius 1 is 1.42 bits per heavy atom. The molecule has 0 aromatic heterocycles. The van der Waals surface area contributed by atoms with Crippen LogP contribution in [0, 0.1) is 12.3 Å². The number of rotatable bonds is 7. The van der Waals surface area contributed by atoms with E-state index in [0.717, 1.165) is 19.3 Å². The zero-order valence-electron chi connectivity index (χ0n) is 8.47. The standard InChI is InChI=1S/C12H21/c1-5-11(4)9-8-10-12(6-2)7-3/h6,10,12H,2,4-5,7-9H2,1,3H3. The minimum Gasteiger partial charge on any atom is -0.103 e. The zero-order chi connectivity index (χ0) is 9.40. The van der Waals surface area contributed by atoms with Crippen molar-refractivity contribution in [2.45, 2.75) is 39.5 Å². The van der Waals surface area contributed by atoms with Gasteiger partial charge in [0.2, 0.25) is 0 Å². The first-order valence-corrected chi connectivity index (χ1v) is 4.87. The van der Waals surface area contributed by atoms with Crippen molar-refractivity contribution in [1.82, 2.24) is 0 Å². The van der Waals surface area contributed by atoms with Crippen molar-refractivity contribution in [2.24, 2.45) is 5.92 Å². The van der Waals surface area contributed by atoms with Gasteiger partial charge in [-0.1, -0.05) is 32.1 Å². The number of hydrogen-bond donors (Lipinski definition) is 0. The van der Waals surface area contributed by atoms with Crippen molar-refractivity contribution in [3.8, 4) is 0 Å². The van der Waals surface area contributed by atoms with E-state index in [9.17, 15) is 0 Å². The van der Waals surface area contributed by atoms with E-state index in [1.165, 1.54) is 12.0 Å². The van der Waals surface area contributed by atoms with Crippen LogP contribution < -0.4 is 0 Å². The van der Waals surface area contributed by atoms with Gasteiger partial charge in [0, 0.05) is 0 Å². The van der Waals surface area contributed by atoms with Gasteiger partial charge < -0.3 is 0 Å². The Morgan fingerprint density at radius 3 is 2.50 bits per heavy atom. The molecule has 0 aromatic rings. The lowest BCUT2D eigenvalue weighted by atomic mass is 9.97. The van der Waals surface area contributed by atoms with Crippen molar-refractivity contribution in [3.05, 3.63) is 31.2 Å². The Morgan fingerprint density at radius 2 is 2.08 bits per heavy atom. The number of hydrogen-bond acceptors (Lipinski definition) is 0. The maximum absolute atomic E-state index is 3.98. The second-order valence-electron chi connectivity index (χ2n) is 3.19. The first-order valence-electron chi connectivity index (χ1n) is 4.87. The summed E-state index contributed by atoms with van der Waals surface area (Å²) >= 11 is 0. The van der Waals surface area contributed by atoms with Crippen LogP contribution in [-0.2, 0) is 0 Å². The molecular weight excluding hydrogens is 144 g/mol. The van der Waals surface area contributed by atoms with Gasteiger partial charge in [-0.3, -0.25) is 0 Å². The van der Waals surface area contributed by atoms with Gasteiger partial charge in [-0.25, -0.2) is 0 Å². The van der Waals surface area contributed by atoms with Crippen molar-refractivity contribution in [1.29, 1.82) is 0 Å². The van der Waals surface area contributed by atoms with Crippen LogP contribution in [0.1, 0.15) is 39.5 Å². The molecule has 0 fully saturated rings. The molecule has 0 spiro atoms. The molecule has 0 saturated carbocycles. The van der Waals surface area contributed by atoms with E-state index in [0.29, 0.717) is 5.92 Å². The molecule has 1 unspecified atom stereocenters. The average molecular weight is 165 g/mol. The Hall–Kier alpha value is -0.520. The molecule has 0 amide bonds. The topological polar surface area (TPSA) is 0 Å². The lowest BCUT2D eigenvalue weighted by Crippen LogP contribution is -1.95. The van der Waals surface area contributed by atoms with E-state index in [-0.39, 0.29) is 0 Å². The van der Waals surface area contributed by atoms with E-state index in [4.69, 9.17) is 0 Å². The van der Waals surface area contributed by atoms with Crippen LogP contribution in [0.15, 0.2) is 24.8 Å². The van der Waals surface area contributed by atoms with E-state index < -0.39 is 0 Å². The predicted molar refractivity (Wildman–Crippen MR) is 56.9 cm³/mol. The van der Waals surface area contributed by atoms with Crippen molar-refractivity contribution in [3.63, 3.8) is 0 Å². The van der Waals surface area contributed by atoms with Gasteiger partial charge >= 0.3 is 0 Å². The highest BCUT2D eigenvalue weighted by molar-refractivity contribution is 4.96. The molecule has 69 valence electrons. The van der Waals surface area contributed by atoms with Gasteiger partial charge in [0.25, 0.3) is 0 Å². The molecule has 0 aliphatic carbocycles. The minimum absolute atomic E-state index is 0.592. The zero-order valence-corrected chi connectivity index (χ0v) is 8.47. The van der Waals surface area contributed by atoms with Crippen molar-refractivity contribution < 1.29 is 0 Å². The molecule has 0 heteroatoms. The van der Waals surface area contributed by atoms with Crippen LogP contribution in [0.4, 0.5) is 0 Å². The molecule has 1 atom stereocenters. The van der Waals surface area contributed by atoms with Gasteiger partial charge in [0.15, 0.2) is 0 Å². The molecule has 0 heterocycles. The van der Waals surface area contributed by atoms with E-state index >= 15 is 0 Å². The molecule has 12 heavy (non-hydrogen) atoms. The lowest BCUT2D eigenvalue weighted by molar-refractivity contribution is 0.671. The average Bonchev–Trinajstić information content (AvgIpc) is 2.12. The normalized spacial score (nSPS) is 12.5. The maximum Gasteiger partial charge on any atom is -0.0207 e. The fraction of sp³-hybridized carbons (Fsp3) is 0.583. The molecule has 0 aliphatic rings. The lowest BCUT2D eigenvalue weighted by Gasteiger charge is -2.08. The largest absolute Gasteiger partial charge is 0.103 e. The second-order valence-corrected chi connectivity index (χ2v) is 3.19. The smallest absolute Gasteiger partial charge is 0.0207 e. The molecule has 0 aliphatic heterocycles. The van der Waals surface area contributed by atoms with Crippen molar-refractivity contribution in [2.75, 3.05) is 0 Å². The second kappa shape index (κ2) is 7.15. The Labute approximate surface area is 77.4 Å². The molecule has 0 nitrogen and oxygen atoms in total. The van der Waals surface area contributed by atoms with E-state index in [1.54, 1.807) is 0 Å². The van der Waals surface area contributed by atoms with Crippen LogP contribution in [0.3, 0.4) is 0 Å². The van der Waals surface area contributed by atoms with Gasteiger partial charge in [0.05, 0.1) is 0 Å². The molecule has 0 saturated heterocycles. The monoisotopic (exact) mass is 165 g/mol. The first-order chi connectivity index (χ1) is 5.74. The molecule has 0 rings (SSSR count). The minimum atomic E-state index is 0.592. The fourth-order valence-electron chi connectivity index (χ4n) is 1.11. The predicted octanol–water partition coefficient (Wildman–Crippen LogP) is 4.15. The maximum atomic E-state index is 3.98. The van der Waals surface area contributed by atoms with Gasteiger partial charge in [0.1, 0.15) is 0 Å². The summed E-state index contributed by atoms with van der Waals surface area (Å²) in [6, 6.07) is 0. The summed E-state index contributed by atoms with van der Waals surface area (Å²) in [4.78, 5) is 0. The highest BCUT2D eigenvalue weighted by atomic mass is 14.1. The summed E-state index contributed by atoms with van der Waals surface area (Å²) in [5, 5.41) is 0. The summed E-state index contributed by atoms with van der Waals surface area (Å²) < 4.78 is 0. The van der Waals surface area contributed by atoms with Gasteiger partial charge in [-0.15, -0.1) is 6.58 Å². The van der Waals surface area contributed by atoms with Crippen LogP contribution in [0.25, 0.3) is 0 Å². The Bertz CT molecular complexity index is 133. The van der Waals surface area contributed by atoms with Gasteiger partial charge in [-0.2, -0.15) is 0 Å². The first kappa shape index (κ1) is 11.5. The Balaban J connectivity index is 3.40. The summed E-state index contributed by atoms with van der Waals surface area (Å²) in [5.74, 6) is 0.592.